The lowest BCUT2D eigenvalue weighted by Crippen LogP contribution is -2.28. The molecule has 3 heterocycles. The first kappa shape index (κ1) is 26.3. The van der Waals surface area contributed by atoms with Crippen LogP contribution in [0, 0.1) is 0 Å². The molecule has 0 fully saturated rings. The smallest absolute Gasteiger partial charge is 0.232 e. The van der Waals surface area contributed by atoms with E-state index in [1.807, 2.05) is 60.7 Å². The second-order valence-corrected chi connectivity index (χ2v) is 13.6. The molecule has 11 heteroatoms. The number of hydrogen-bond donors (Lipinski definition) is 1. The predicted octanol–water partition coefficient (Wildman–Crippen LogP) is 6.32. The van der Waals surface area contributed by atoms with Gasteiger partial charge in [0.25, 0.3) is 0 Å². The summed E-state index contributed by atoms with van der Waals surface area (Å²) >= 11 is 0.355. The van der Waals surface area contributed by atoms with Crippen molar-refractivity contribution in [2.45, 2.75) is 11.4 Å². The van der Waals surface area contributed by atoms with Crippen molar-refractivity contribution < 1.29 is 17.4 Å². The second-order valence-electron chi connectivity index (χ2n) is 9.17. The lowest BCUT2D eigenvalue weighted by molar-refractivity contribution is 0.596. The number of thiazole rings is 1. The first-order valence-electron chi connectivity index (χ1n) is 12.3. The molecule has 202 valence electrons. The van der Waals surface area contributed by atoms with E-state index in [4.69, 9.17) is 4.42 Å². The van der Waals surface area contributed by atoms with Gasteiger partial charge in [-0.1, -0.05) is 30.3 Å². The Hall–Kier alpha value is -3.90. The van der Waals surface area contributed by atoms with Gasteiger partial charge in [-0.05, 0) is 47.6 Å². The summed E-state index contributed by atoms with van der Waals surface area (Å²) in [6.07, 6.45) is 7.96. The summed E-state index contributed by atoms with van der Waals surface area (Å²) in [6, 6.07) is 22.5. The van der Waals surface area contributed by atoms with Gasteiger partial charge in [-0.25, -0.2) is 18.4 Å². The summed E-state index contributed by atoms with van der Waals surface area (Å²) in [5, 5.41) is 1.58. The molecule has 0 saturated carbocycles. The number of nitrogens with one attached hydrogen (secondary N) is 1. The zero-order valence-corrected chi connectivity index (χ0v) is 24.0. The molecule has 1 atom stereocenters. The van der Waals surface area contributed by atoms with Crippen molar-refractivity contribution in [1.82, 2.24) is 15.0 Å². The molecule has 0 spiro atoms. The number of aromatic nitrogens is 3. The quantitative estimate of drug-likeness (QED) is 0.208. The Bertz CT molecular complexity index is 1880. The zero-order chi connectivity index (χ0) is 27.9. The molecular formula is C29H24N4O4S3. The van der Waals surface area contributed by atoms with E-state index >= 15 is 0 Å². The molecule has 3 aromatic heterocycles. The number of aromatic amines is 1. The Morgan fingerprint density at radius 1 is 1.02 bits per heavy atom. The minimum Gasteiger partial charge on any atom is -0.612 e. The fraction of sp³-hybridized carbons (Fsp3) is 0.103. The largest absolute Gasteiger partial charge is 0.612 e. The highest BCUT2D eigenvalue weighted by Crippen LogP contribution is 2.41. The molecule has 6 aromatic rings. The first-order valence-corrected chi connectivity index (χ1v) is 16.5. The van der Waals surface area contributed by atoms with E-state index in [-0.39, 0.29) is 6.54 Å². The summed E-state index contributed by atoms with van der Waals surface area (Å²) in [5.74, 6) is 1.32. The Morgan fingerprint density at radius 2 is 1.80 bits per heavy atom. The average Bonchev–Trinajstić information content (AvgIpc) is 3.71. The number of nitrogens with zero attached hydrogens (tertiary/aromatic N) is 3. The maximum atomic E-state index is 13.0. The van der Waals surface area contributed by atoms with E-state index < -0.39 is 21.2 Å². The maximum absolute atomic E-state index is 13.0. The normalized spacial score (nSPS) is 12.6. The fourth-order valence-corrected chi connectivity index (χ4v) is 6.89. The Balaban J connectivity index is 1.37. The highest BCUT2D eigenvalue weighted by molar-refractivity contribution is 7.92. The number of H-pyrrole nitrogens is 1. The number of sulfonamides is 1. The van der Waals surface area contributed by atoms with Crippen LogP contribution in [0.1, 0.15) is 4.88 Å². The molecule has 0 saturated heterocycles. The van der Waals surface area contributed by atoms with Crippen LogP contribution >= 0.6 is 11.3 Å². The van der Waals surface area contributed by atoms with Crippen molar-refractivity contribution in [2.75, 3.05) is 16.8 Å². The number of benzene rings is 3. The van der Waals surface area contributed by atoms with E-state index in [2.05, 4.69) is 15.0 Å². The van der Waals surface area contributed by atoms with E-state index in [9.17, 15) is 13.0 Å². The molecule has 0 aliphatic heterocycles. The standard InChI is InChI=1S/C29H24N4O4S3/c1-39(34)23-11-8-20(9-12-23)29-32-17-22(38-29)18-33(40(2,35)36)21-10-13-24-25(16-21)37-27(19-6-4-3-5-7-19)26(24)28-30-14-15-31-28/h3-17H,18H2,1-2H3,(H,30,31). The van der Waals surface area contributed by atoms with Gasteiger partial charge < -0.3 is 14.0 Å². The van der Waals surface area contributed by atoms with Gasteiger partial charge >= 0.3 is 0 Å². The molecule has 3 aromatic carbocycles. The first-order chi connectivity index (χ1) is 19.3. The van der Waals surface area contributed by atoms with Crippen LogP contribution in [-0.2, 0) is 27.7 Å². The van der Waals surface area contributed by atoms with Gasteiger partial charge in [0, 0.05) is 46.0 Å². The van der Waals surface area contributed by atoms with Gasteiger partial charge in [0.2, 0.25) is 10.0 Å². The maximum Gasteiger partial charge on any atom is 0.232 e. The van der Waals surface area contributed by atoms with E-state index in [1.165, 1.54) is 21.9 Å². The highest BCUT2D eigenvalue weighted by Gasteiger charge is 2.24. The zero-order valence-electron chi connectivity index (χ0n) is 21.6. The Morgan fingerprint density at radius 3 is 2.48 bits per heavy atom. The molecule has 0 bridgehead atoms. The van der Waals surface area contributed by atoms with Crippen LogP contribution in [0.15, 0.2) is 101 Å². The van der Waals surface area contributed by atoms with Gasteiger partial charge in [0.1, 0.15) is 28.4 Å². The second kappa shape index (κ2) is 10.6. The van der Waals surface area contributed by atoms with Crippen LogP contribution in [0.4, 0.5) is 5.69 Å². The van der Waals surface area contributed by atoms with Crippen LogP contribution in [-0.4, -0.2) is 40.4 Å². The molecule has 6 rings (SSSR count). The van der Waals surface area contributed by atoms with Crippen molar-refractivity contribution in [3.8, 4) is 33.3 Å². The molecular weight excluding hydrogens is 565 g/mol. The number of imidazole rings is 1. The molecule has 8 nitrogen and oxygen atoms in total. The third kappa shape index (κ3) is 5.16. The van der Waals surface area contributed by atoms with Crippen molar-refractivity contribution >= 4 is 49.2 Å². The third-order valence-electron chi connectivity index (χ3n) is 6.42. The number of fused-ring (bicyclic) bond motifs is 1. The predicted molar refractivity (Wildman–Crippen MR) is 160 cm³/mol. The SMILES string of the molecule is C[S+]([O-])c1ccc(-c2ncc(CN(c3ccc4c(-c5ncc[nH]5)c(-c5ccccc5)oc4c3)S(C)(=O)=O)s2)cc1. The topological polar surface area (TPSA) is 115 Å². The van der Waals surface area contributed by atoms with Crippen LogP contribution in [0.3, 0.4) is 0 Å². The fourth-order valence-electron chi connectivity index (χ4n) is 4.52. The summed E-state index contributed by atoms with van der Waals surface area (Å²) in [5.41, 5.74) is 3.62. The van der Waals surface area contributed by atoms with E-state index in [1.54, 1.807) is 37.0 Å². The van der Waals surface area contributed by atoms with Crippen LogP contribution in [0.2, 0.25) is 0 Å². The van der Waals surface area contributed by atoms with Crippen LogP contribution in [0.5, 0.6) is 0 Å². The van der Waals surface area contributed by atoms with Crippen LogP contribution in [0.25, 0.3) is 44.3 Å². The molecule has 0 radical (unpaired) electrons. The number of hydrogen-bond acceptors (Lipinski definition) is 7. The number of furan rings is 1. The van der Waals surface area contributed by atoms with E-state index in [0.29, 0.717) is 22.9 Å². The third-order valence-corrected chi connectivity index (χ3v) is 9.53. The number of rotatable bonds is 8. The van der Waals surface area contributed by atoms with Gasteiger partial charge in [0.05, 0.1) is 24.1 Å². The van der Waals surface area contributed by atoms with Gasteiger partial charge in [-0.15, -0.1) is 11.3 Å². The Kier molecular flexibility index (Phi) is 6.97. The molecule has 1 unspecified atom stereocenters. The molecule has 0 amide bonds. The van der Waals surface area contributed by atoms with Crippen molar-refractivity contribution in [1.29, 1.82) is 0 Å². The van der Waals surface area contributed by atoms with Crippen LogP contribution < -0.4 is 4.31 Å². The summed E-state index contributed by atoms with van der Waals surface area (Å²) < 4.78 is 45.3. The van der Waals surface area contributed by atoms with Crippen molar-refractivity contribution in [3.05, 3.63) is 96.3 Å². The van der Waals surface area contributed by atoms with Gasteiger partial charge in [0.15, 0.2) is 4.90 Å². The van der Waals surface area contributed by atoms with Gasteiger partial charge in [-0.2, -0.15) is 0 Å². The summed E-state index contributed by atoms with van der Waals surface area (Å²) in [6.45, 7) is 0.121. The number of anilines is 1. The lowest BCUT2D eigenvalue weighted by Gasteiger charge is -2.21. The van der Waals surface area contributed by atoms with E-state index in [0.717, 1.165) is 36.9 Å². The monoisotopic (exact) mass is 588 g/mol. The minimum absolute atomic E-state index is 0.121. The lowest BCUT2D eigenvalue weighted by atomic mass is 10.0. The summed E-state index contributed by atoms with van der Waals surface area (Å²) in [7, 11) is -3.64. The Labute approximate surface area is 238 Å². The molecule has 1 N–H and O–H groups in total. The van der Waals surface area contributed by atoms with Crippen molar-refractivity contribution in [3.63, 3.8) is 0 Å². The summed E-state index contributed by atoms with van der Waals surface area (Å²) in [4.78, 5) is 13.6. The van der Waals surface area contributed by atoms with Gasteiger partial charge in [-0.3, -0.25) is 4.31 Å². The average molecular weight is 589 g/mol. The molecule has 0 aliphatic rings. The molecule has 40 heavy (non-hydrogen) atoms. The molecule has 0 aliphatic carbocycles. The van der Waals surface area contributed by atoms with Crippen molar-refractivity contribution in [2.24, 2.45) is 0 Å². The highest BCUT2D eigenvalue weighted by atomic mass is 32.2. The minimum atomic E-state index is -3.64.